The zero-order valence-corrected chi connectivity index (χ0v) is 10.2. The van der Waals surface area contributed by atoms with E-state index in [-0.39, 0.29) is 17.6 Å². The number of carbonyl (C=O) groups is 1. The zero-order chi connectivity index (χ0) is 12.0. The van der Waals surface area contributed by atoms with Gasteiger partial charge in [-0.1, -0.05) is 6.08 Å². The van der Waals surface area contributed by atoms with E-state index in [4.69, 9.17) is 4.74 Å². The van der Waals surface area contributed by atoms with E-state index in [1.54, 1.807) is 13.2 Å². The van der Waals surface area contributed by atoms with Crippen molar-refractivity contribution in [3.8, 4) is 0 Å². The predicted molar refractivity (Wildman–Crippen MR) is 64.3 cm³/mol. The minimum Gasteiger partial charge on any atom is -0.377 e. The Morgan fingerprint density at radius 3 is 2.75 bits per heavy atom. The molecule has 0 aromatic carbocycles. The van der Waals surface area contributed by atoms with Gasteiger partial charge in [-0.15, -0.1) is 6.58 Å². The lowest BCUT2D eigenvalue weighted by Crippen LogP contribution is -2.52. The Bertz CT molecular complexity index is 244. The van der Waals surface area contributed by atoms with Gasteiger partial charge in [0.15, 0.2) is 0 Å². The van der Waals surface area contributed by atoms with Gasteiger partial charge < -0.3 is 15.4 Å². The molecule has 0 bridgehead atoms. The largest absolute Gasteiger partial charge is 0.377 e. The summed E-state index contributed by atoms with van der Waals surface area (Å²) in [6.45, 7) is 6.68. The van der Waals surface area contributed by atoms with Crippen LogP contribution in [0.3, 0.4) is 0 Å². The van der Waals surface area contributed by atoms with Crippen LogP contribution in [0, 0.1) is 0 Å². The maximum Gasteiger partial charge on any atom is 0.237 e. The van der Waals surface area contributed by atoms with E-state index in [1.807, 2.05) is 6.92 Å². The number of hydrogen-bond donors (Lipinski definition) is 2. The van der Waals surface area contributed by atoms with Crippen molar-refractivity contribution in [1.29, 1.82) is 0 Å². The Hall–Kier alpha value is -0.870. The second-order valence-electron chi connectivity index (χ2n) is 4.38. The van der Waals surface area contributed by atoms with Gasteiger partial charge in [0, 0.05) is 20.2 Å². The molecule has 0 aromatic rings. The van der Waals surface area contributed by atoms with Crippen molar-refractivity contribution >= 4 is 5.91 Å². The molecule has 1 rings (SSSR count). The fourth-order valence-corrected chi connectivity index (χ4v) is 1.78. The molecule has 2 N–H and O–H groups in total. The SMILES string of the molecule is C=CCNC(=O)C(C)NCC1(OC)CCC1. The fourth-order valence-electron chi connectivity index (χ4n) is 1.78. The third-order valence-electron chi connectivity index (χ3n) is 3.24. The molecule has 0 radical (unpaired) electrons. The Morgan fingerprint density at radius 2 is 2.31 bits per heavy atom. The van der Waals surface area contributed by atoms with Gasteiger partial charge in [0.25, 0.3) is 0 Å². The van der Waals surface area contributed by atoms with E-state index in [2.05, 4.69) is 17.2 Å². The van der Waals surface area contributed by atoms with Crippen LogP contribution >= 0.6 is 0 Å². The van der Waals surface area contributed by atoms with Crippen LogP contribution in [0.15, 0.2) is 12.7 Å². The molecule has 0 spiro atoms. The third kappa shape index (κ3) is 3.32. The maximum atomic E-state index is 11.6. The van der Waals surface area contributed by atoms with E-state index in [9.17, 15) is 4.79 Å². The highest BCUT2D eigenvalue weighted by Crippen LogP contribution is 2.34. The van der Waals surface area contributed by atoms with Gasteiger partial charge in [-0.2, -0.15) is 0 Å². The number of nitrogens with one attached hydrogen (secondary N) is 2. The third-order valence-corrected chi connectivity index (χ3v) is 3.24. The van der Waals surface area contributed by atoms with Crippen LogP contribution in [0.1, 0.15) is 26.2 Å². The van der Waals surface area contributed by atoms with Crippen LogP contribution in [0.25, 0.3) is 0 Å². The van der Waals surface area contributed by atoms with Gasteiger partial charge in [-0.25, -0.2) is 0 Å². The van der Waals surface area contributed by atoms with E-state index >= 15 is 0 Å². The van der Waals surface area contributed by atoms with Crippen molar-refractivity contribution in [1.82, 2.24) is 10.6 Å². The Morgan fingerprint density at radius 1 is 1.62 bits per heavy atom. The minimum absolute atomic E-state index is 0.00507. The average Bonchev–Trinajstić information content (AvgIpc) is 2.24. The molecule has 0 heterocycles. The first kappa shape index (κ1) is 13.2. The van der Waals surface area contributed by atoms with Crippen molar-refractivity contribution in [2.75, 3.05) is 20.2 Å². The summed E-state index contributed by atoms with van der Waals surface area (Å²) >= 11 is 0. The summed E-state index contributed by atoms with van der Waals surface area (Å²) in [7, 11) is 1.74. The van der Waals surface area contributed by atoms with Crippen molar-refractivity contribution in [3.05, 3.63) is 12.7 Å². The standard InChI is InChI=1S/C12H22N2O2/c1-4-8-13-11(15)10(2)14-9-12(16-3)6-5-7-12/h4,10,14H,1,5-9H2,2-3H3,(H,13,15). The molecule has 92 valence electrons. The van der Waals surface area contributed by atoms with Gasteiger partial charge in [0.1, 0.15) is 0 Å². The molecule has 1 unspecified atom stereocenters. The molecule has 0 aliphatic heterocycles. The van der Waals surface area contributed by atoms with Crippen molar-refractivity contribution in [2.24, 2.45) is 0 Å². The smallest absolute Gasteiger partial charge is 0.237 e. The number of methoxy groups -OCH3 is 1. The normalized spacial score (nSPS) is 19.6. The minimum atomic E-state index is -0.187. The number of carbonyl (C=O) groups excluding carboxylic acids is 1. The summed E-state index contributed by atoms with van der Waals surface area (Å²) in [4.78, 5) is 11.6. The van der Waals surface area contributed by atoms with Gasteiger partial charge in [0.2, 0.25) is 5.91 Å². The Labute approximate surface area is 97.4 Å². The lowest BCUT2D eigenvalue weighted by atomic mass is 9.80. The molecule has 1 atom stereocenters. The molecule has 0 aromatic heterocycles. The number of ether oxygens (including phenoxy) is 1. The molecule has 1 fully saturated rings. The van der Waals surface area contributed by atoms with Crippen molar-refractivity contribution in [3.63, 3.8) is 0 Å². The molecule has 1 saturated carbocycles. The first-order valence-corrected chi connectivity index (χ1v) is 5.81. The number of rotatable bonds is 7. The molecule has 0 saturated heterocycles. The van der Waals surface area contributed by atoms with Gasteiger partial charge in [-0.3, -0.25) is 4.79 Å². The molecule has 1 aliphatic rings. The highest BCUT2D eigenvalue weighted by Gasteiger charge is 2.37. The fraction of sp³-hybridized carbons (Fsp3) is 0.750. The maximum absolute atomic E-state index is 11.6. The van der Waals surface area contributed by atoms with E-state index in [0.717, 1.165) is 19.4 Å². The van der Waals surface area contributed by atoms with Crippen LogP contribution in [0.4, 0.5) is 0 Å². The van der Waals surface area contributed by atoms with Gasteiger partial charge in [0.05, 0.1) is 11.6 Å². The van der Waals surface area contributed by atoms with Crippen molar-refractivity contribution < 1.29 is 9.53 Å². The summed E-state index contributed by atoms with van der Waals surface area (Å²) in [6.07, 6.45) is 5.05. The van der Waals surface area contributed by atoms with E-state index < -0.39 is 0 Å². The number of amides is 1. The summed E-state index contributed by atoms with van der Waals surface area (Å²) < 4.78 is 5.47. The summed E-state index contributed by atoms with van der Waals surface area (Å²) in [6, 6.07) is -0.187. The molecule has 1 amide bonds. The van der Waals surface area contributed by atoms with Crippen LogP contribution in [-0.2, 0) is 9.53 Å². The molecule has 4 heteroatoms. The summed E-state index contributed by atoms with van der Waals surface area (Å²) in [5.41, 5.74) is -0.0347. The monoisotopic (exact) mass is 226 g/mol. The van der Waals surface area contributed by atoms with Crippen LogP contribution in [0.2, 0.25) is 0 Å². The lowest BCUT2D eigenvalue weighted by Gasteiger charge is -2.41. The Kier molecular flexibility index (Phi) is 4.96. The van der Waals surface area contributed by atoms with Crippen LogP contribution in [-0.4, -0.2) is 37.7 Å². The highest BCUT2D eigenvalue weighted by atomic mass is 16.5. The first-order chi connectivity index (χ1) is 7.63. The quantitative estimate of drug-likeness (QED) is 0.632. The molecular formula is C12H22N2O2. The van der Waals surface area contributed by atoms with Crippen LogP contribution < -0.4 is 10.6 Å². The van der Waals surface area contributed by atoms with E-state index in [0.29, 0.717) is 6.54 Å². The number of hydrogen-bond acceptors (Lipinski definition) is 3. The topological polar surface area (TPSA) is 50.4 Å². The molecule has 16 heavy (non-hydrogen) atoms. The molecule has 1 aliphatic carbocycles. The summed E-state index contributed by atoms with van der Waals surface area (Å²) in [5, 5.41) is 5.98. The van der Waals surface area contributed by atoms with Crippen LogP contribution in [0.5, 0.6) is 0 Å². The lowest BCUT2D eigenvalue weighted by molar-refractivity contribution is -0.123. The van der Waals surface area contributed by atoms with Crippen molar-refractivity contribution in [2.45, 2.75) is 37.8 Å². The highest BCUT2D eigenvalue weighted by molar-refractivity contribution is 5.81. The zero-order valence-electron chi connectivity index (χ0n) is 10.2. The Balaban J connectivity index is 2.25. The summed E-state index contributed by atoms with van der Waals surface area (Å²) in [5.74, 6) is 0.00507. The average molecular weight is 226 g/mol. The first-order valence-electron chi connectivity index (χ1n) is 5.81. The van der Waals surface area contributed by atoms with Gasteiger partial charge >= 0.3 is 0 Å². The molecular weight excluding hydrogens is 204 g/mol. The second kappa shape index (κ2) is 6.01. The van der Waals surface area contributed by atoms with E-state index in [1.165, 1.54) is 6.42 Å². The molecule has 4 nitrogen and oxygen atoms in total. The van der Waals surface area contributed by atoms with Gasteiger partial charge in [-0.05, 0) is 26.2 Å². The second-order valence-corrected chi connectivity index (χ2v) is 4.38. The predicted octanol–water partition coefficient (Wildman–Crippen LogP) is 0.836.